The van der Waals surface area contributed by atoms with E-state index in [1.807, 2.05) is 0 Å². The van der Waals surface area contributed by atoms with Gasteiger partial charge in [0.1, 0.15) is 11.6 Å². The Hall–Kier alpha value is -2.06. The Morgan fingerprint density at radius 2 is 2.14 bits per heavy atom. The summed E-state index contributed by atoms with van der Waals surface area (Å²) in [5, 5.41) is 11.3. The minimum Gasteiger partial charge on any atom is -0.450 e. The highest BCUT2D eigenvalue weighted by Crippen LogP contribution is 2.38. The summed E-state index contributed by atoms with van der Waals surface area (Å²) in [6.07, 6.45) is 0. The molecule has 3 rings (SSSR count). The minimum atomic E-state index is -0.549. The number of nitro groups is 1. The molecule has 0 atom stereocenters. The van der Waals surface area contributed by atoms with E-state index in [0.717, 1.165) is 6.07 Å². The van der Waals surface area contributed by atoms with Gasteiger partial charge in [0.25, 0.3) is 0 Å². The van der Waals surface area contributed by atoms with Gasteiger partial charge in [-0.1, -0.05) is 0 Å². The van der Waals surface area contributed by atoms with E-state index in [0.29, 0.717) is 9.17 Å². The van der Waals surface area contributed by atoms with Crippen LogP contribution in [0, 0.1) is 15.9 Å². The first-order valence-corrected chi connectivity index (χ1v) is 7.37. The van der Waals surface area contributed by atoms with Crippen LogP contribution in [0.5, 0.6) is 11.5 Å². The van der Waals surface area contributed by atoms with Crippen molar-refractivity contribution in [1.82, 2.24) is 4.98 Å². The number of halogens is 2. The van der Waals surface area contributed by atoms with Crippen molar-refractivity contribution in [2.24, 2.45) is 0 Å². The van der Waals surface area contributed by atoms with Crippen molar-refractivity contribution in [1.29, 1.82) is 0 Å². The molecule has 0 aliphatic carbocycles. The molecule has 0 amide bonds. The number of fused-ring (bicyclic) bond motifs is 1. The second-order valence-electron chi connectivity index (χ2n) is 4.05. The molecule has 0 saturated carbocycles. The Bertz CT molecular complexity index is 853. The maximum Gasteiger partial charge on any atom is 0.338 e. The molecule has 3 aromatic rings. The number of rotatable bonds is 3. The third-order valence-electron chi connectivity index (χ3n) is 2.74. The zero-order chi connectivity index (χ0) is 15.0. The maximum atomic E-state index is 13.5. The van der Waals surface area contributed by atoms with Crippen molar-refractivity contribution >= 4 is 43.2 Å². The fraction of sp³-hybridized carbons (Fsp3) is 0. The summed E-state index contributed by atoms with van der Waals surface area (Å²) in [5.74, 6) is -0.307. The van der Waals surface area contributed by atoms with Crippen molar-refractivity contribution < 1.29 is 14.1 Å². The molecule has 106 valence electrons. The topological polar surface area (TPSA) is 65.3 Å². The molecule has 0 aliphatic heterocycles. The number of nitro benzene ring substituents is 1. The maximum absolute atomic E-state index is 13.5. The lowest BCUT2D eigenvalue weighted by atomic mass is 10.2. The van der Waals surface area contributed by atoms with Gasteiger partial charge in [-0.2, -0.15) is 0 Å². The van der Waals surface area contributed by atoms with Gasteiger partial charge in [-0.3, -0.25) is 10.1 Å². The smallest absolute Gasteiger partial charge is 0.338 e. The number of ether oxygens (including phenoxy) is 1. The largest absolute Gasteiger partial charge is 0.450 e. The molecular formula is C13H6BrFN2O3S. The zero-order valence-corrected chi connectivity index (χ0v) is 12.6. The Balaban J connectivity index is 2.09. The van der Waals surface area contributed by atoms with Crippen molar-refractivity contribution in [3.63, 3.8) is 0 Å². The molecule has 0 fully saturated rings. The molecule has 5 nitrogen and oxygen atoms in total. The van der Waals surface area contributed by atoms with Gasteiger partial charge in [-0.15, -0.1) is 11.3 Å². The lowest BCUT2D eigenvalue weighted by Gasteiger charge is -2.07. The third-order valence-corrected chi connectivity index (χ3v) is 4.18. The van der Waals surface area contributed by atoms with Crippen LogP contribution >= 0.6 is 27.3 Å². The second-order valence-corrected chi connectivity index (χ2v) is 5.79. The van der Waals surface area contributed by atoms with Crippen LogP contribution in [0.3, 0.4) is 0 Å². The van der Waals surface area contributed by atoms with Crippen LogP contribution in [0.2, 0.25) is 0 Å². The van der Waals surface area contributed by atoms with Crippen LogP contribution in [0.1, 0.15) is 0 Å². The highest BCUT2D eigenvalue weighted by Gasteiger charge is 2.22. The van der Waals surface area contributed by atoms with Gasteiger partial charge < -0.3 is 4.74 Å². The molecule has 0 N–H and O–H groups in total. The van der Waals surface area contributed by atoms with Gasteiger partial charge in [0.15, 0.2) is 5.52 Å². The van der Waals surface area contributed by atoms with Crippen molar-refractivity contribution in [3.05, 3.63) is 56.2 Å². The number of aromatic nitrogens is 1. The third kappa shape index (κ3) is 2.59. The Kier molecular flexibility index (Phi) is 3.56. The molecule has 0 aliphatic rings. The number of nitrogens with zero attached hydrogens (tertiary/aromatic N) is 2. The van der Waals surface area contributed by atoms with Gasteiger partial charge in [0, 0.05) is 6.07 Å². The molecule has 2 aromatic carbocycles. The number of hydrogen-bond donors (Lipinski definition) is 0. The van der Waals surface area contributed by atoms with Crippen molar-refractivity contribution in [2.45, 2.75) is 0 Å². The number of benzene rings is 2. The molecule has 0 unspecified atom stereocenters. The summed E-state index contributed by atoms with van der Waals surface area (Å²) in [6.45, 7) is 0. The molecular weight excluding hydrogens is 363 g/mol. The molecule has 0 radical (unpaired) electrons. The number of thiazole rings is 1. The Morgan fingerprint density at radius 1 is 1.33 bits per heavy atom. The molecule has 21 heavy (non-hydrogen) atoms. The van der Waals surface area contributed by atoms with Crippen molar-refractivity contribution in [2.75, 3.05) is 0 Å². The van der Waals surface area contributed by atoms with E-state index in [9.17, 15) is 14.5 Å². The molecule has 8 heteroatoms. The predicted octanol–water partition coefficient (Wildman–Crippen LogP) is 4.90. The summed E-state index contributed by atoms with van der Waals surface area (Å²) < 4.78 is 19.9. The van der Waals surface area contributed by atoms with Crippen LogP contribution in [0.25, 0.3) is 10.2 Å². The first-order valence-electron chi connectivity index (χ1n) is 5.70. The van der Waals surface area contributed by atoms with E-state index in [-0.39, 0.29) is 22.7 Å². The average Bonchev–Trinajstić information content (AvgIpc) is 2.90. The van der Waals surface area contributed by atoms with Gasteiger partial charge >= 0.3 is 5.69 Å². The average molecular weight is 369 g/mol. The minimum absolute atomic E-state index is 0.0279. The van der Waals surface area contributed by atoms with Gasteiger partial charge in [-0.05, 0) is 40.2 Å². The molecule has 1 heterocycles. The Morgan fingerprint density at radius 3 is 2.86 bits per heavy atom. The molecule has 0 spiro atoms. The van der Waals surface area contributed by atoms with E-state index < -0.39 is 10.7 Å². The quantitative estimate of drug-likeness (QED) is 0.487. The van der Waals surface area contributed by atoms with Crippen LogP contribution in [0.4, 0.5) is 10.1 Å². The number of hydrogen-bond acceptors (Lipinski definition) is 5. The summed E-state index contributed by atoms with van der Waals surface area (Å²) in [5.41, 5.74) is 1.57. The van der Waals surface area contributed by atoms with Gasteiger partial charge in [0.2, 0.25) is 5.75 Å². The first kappa shape index (κ1) is 13.9. The lowest BCUT2D eigenvalue weighted by molar-refractivity contribution is -0.384. The second kappa shape index (κ2) is 5.38. The highest BCUT2D eigenvalue weighted by atomic mass is 79.9. The summed E-state index contributed by atoms with van der Waals surface area (Å²) in [6, 6.07) is 7.31. The van der Waals surface area contributed by atoms with E-state index in [1.165, 1.54) is 35.0 Å². The van der Waals surface area contributed by atoms with E-state index in [2.05, 4.69) is 20.9 Å². The molecule has 0 bridgehead atoms. The lowest BCUT2D eigenvalue weighted by Crippen LogP contribution is -1.95. The Labute approximate surface area is 130 Å². The van der Waals surface area contributed by atoms with Crippen LogP contribution in [-0.2, 0) is 0 Å². The zero-order valence-electron chi connectivity index (χ0n) is 10.2. The normalized spacial score (nSPS) is 10.8. The van der Waals surface area contributed by atoms with E-state index >= 15 is 0 Å². The summed E-state index contributed by atoms with van der Waals surface area (Å²) >= 11 is 4.33. The fourth-order valence-corrected chi connectivity index (χ4v) is 2.75. The standard InChI is InChI=1S/C13H6BrFN2O3S/c14-8-2-1-7(5-9(8)15)20-10-3-4-11-12(16-6-21-11)13(10)17(18)19/h1-6H. The van der Waals surface area contributed by atoms with E-state index in [1.54, 1.807) is 6.07 Å². The summed E-state index contributed by atoms with van der Waals surface area (Å²) in [7, 11) is 0. The van der Waals surface area contributed by atoms with Crippen molar-refractivity contribution in [3.8, 4) is 11.5 Å². The van der Waals surface area contributed by atoms with Crippen LogP contribution in [-0.4, -0.2) is 9.91 Å². The van der Waals surface area contributed by atoms with Gasteiger partial charge in [-0.25, -0.2) is 9.37 Å². The monoisotopic (exact) mass is 368 g/mol. The SMILES string of the molecule is O=[N+]([O-])c1c(Oc2ccc(Br)c(F)c2)ccc2scnc12. The van der Waals surface area contributed by atoms with Gasteiger partial charge in [0.05, 0.1) is 19.6 Å². The van der Waals surface area contributed by atoms with Crippen LogP contribution in [0.15, 0.2) is 40.3 Å². The first-order chi connectivity index (χ1) is 10.1. The fourth-order valence-electron chi connectivity index (χ4n) is 1.82. The predicted molar refractivity (Wildman–Crippen MR) is 80.4 cm³/mol. The molecule has 0 saturated heterocycles. The summed E-state index contributed by atoms with van der Waals surface area (Å²) in [4.78, 5) is 14.7. The van der Waals surface area contributed by atoms with E-state index in [4.69, 9.17) is 4.74 Å². The molecule has 1 aromatic heterocycles. The highest BCUT2D eigenvalue weighted by molar-refractivity contribution is 9.10. The van der Waals surface area contributed by atoms with Crippen LogP contribution < -0.4 is 4.74 Å².